The van der Waals surface area contributed by atoms with Gasteiger partial charge in [0.2, 0.25) is 0 Å². The minimum absolute atomic E-state index is 0.00822. The number of anilines is 1. The second kappa shape index (κ2) is 9.04. The number of ether oxygens (including phenoxy) is 1. The van der Waals surface area contributed by atoms with Crippen molar-refractivity contribution in [2.24, 2.45) is 0 Å². The molecule has 1 amide bonds. The van der Waals surface area contributed by atoms with Gasteiger partial charge in [-0.3, -0.25) is 9.59 Å². The molecule has 140 valence electrons. The average Bonchev–Trinajstić information content (AvgIpc) is 3.07. The van der Waals surface area contributed by atoms with Crippen LogP contribution in [0.2, 0.25) is 0 Å². The predicted molar refractivity (Wildman–Crippen MR) is 93.9 cm³/mol. The van der Waals surface area contributed by atoms with Crippen molar-refractivity contribution in [2.75, 3.05) is 11.1 Å². The van der Waals surface area contributed by atoms with Gasteiger partial charge in [0.1, 0.15) is 0 Å². The van der Waals surface area contributed by atoms with Gasteiger partial charge in [0.05, 0.1) is 28.2 Å². The Hall–Kier alpha value is -2.07. The number of nitrogens with zero attached hydrogens (tertiary/aromatic N) is 1. The van der Waals surface area contributed by atoms with Crippen LogP contribution < -0.4 is 5.32 Å². The van der Waals surface area contributed by atoms with Crippen molar-refractivity contribution in [3.8, 4) is 0 Å². The van der Waals surface area contributed by atoms with E-state index in [-0.39, 0.29) is 11.4 Å². The number of aromatic nitrogens is 1. The molecule has 0 aliphatic heterocycles. The molecule has 0 fully saturated rings. The fourth-order valence-electron chi connectivity index (χ4n) is 1.91. The van der Waals surface area contributed by atoms with Gasteiger partial charge in [-0.05, 0) is 19.1 Å². The van der Waals surface area contributed by atoms with Crippen LogP contribution in [0.15, 0.2) is 35.2 Å². The van der Waals surface area contributed by atoms with Gasteiger partial charge in [-0.2, -0.15) is 13.2 Å². The standard InChI is InChI=1S/C16H15F3N2O3S2/c1-10(24-14(22)8-25-6-11-7-26-9-20-11)15(23)21-13-5-3-2-4-12(13)16(17,18)19/h2-5,7,9-10H,6,8H2,1H3,(H,21,23)/t10-/m0/s1. The number of thioether (sulfide) groups is 1. The summed E-state index contributed by atoms with van der Waals surface area (Å²) in [5.41, 5.74) is 1.17. The molecular formula is C16H15F3N2O3S2. The molecule has 1 atom stereocenters. The van der Waals surface area contributed by atoms with E-state index in [1.54, 1.807) is 5.51 Å². The second-order valence-corrected chi connectivity index (χ2v) is 6.84. The highest BCUT2D eigenvalue weighted by atomic mass is 32.2. The lowest BCUT2D eigenvalue weighted by Gasteiger charge is -2.16. The summed E-state index contributed by atoms with van der Waals surface area (Å²) in [7, 11) is 0. The molecule has 0 radical (unpaired) electrons. The maximum absolute atomic E-state index is 12.9. The number of nitrogens with one attached hydrogen (secondary N) is 1. The van der Waals surface area contributed by atoms with E-state index in [1.165, 1.54) is 42.2 Å². The number of hydrogen-bond donors (Lipinski definition) is 1. The van der Waals surface area contributed by atoms with Crippen LogP contribution in [0.1, 0.15) is 18.2 Å². The first-order valence-corrected chi connectivity index (χ1v) is 9.48. The van der Waals surface area contributed by atoms with E-state index < -0.39 is 29.7 Å². The number of hydrogen-bond acceptors (Lipinski definition) is 6. The molecule has 10 heteroatoms. The fourth-order valence-corrected chi connectivity index (χ4v) is 3.27. The Bertz CT molecular complexity index is 751. The molecule has 0 unspecified atom stereocenters. The molecule has 2 rings (SSSR count). The highest BCUT2D eigenvalue weighted by Crippen LogP contribution is 2.34. The number of esters is 1. The summed E-state index contributed by atoms with van der Waals surface area (Å²) in [4.78, 5) is 27.8. The fraction of sp³-hybridized carbons (Fsp3) is 0.312. The number of thiazole rings is 1. The summed E-state index contributed by atoms with van der Waals surface area (Å²) in [6.07, 6.45) is -5.82. The molecular weight excluding hydrogens is 389 g/mol. The van der Waals surface area contributed by atoms with Gasteiger partial charge >= 0.3 is 12.1 Å². The molecule has 0 spiro atoms. The molecule has 0 bridgehead atoms. The number of benzene rings is 1. The quantitative estimate of drug-likeness (QED) is 0.708. The Morgan fingerprint density at radius 1 is 1.35 bits per heavy atom. The minimum atomic E-state index is -4.60. The number of amides is 1. The van der Waals surface area contributed by atoms with E-state index in [2.05, 4.69) is 10.3 Å². The van der Waals surface area contributed by atoms with Gasteiger partial charge in [-0.1, -0.05) is 12.1 Å². The van der Waals surface area contributed by atoms with Crippen molar-refractivity contribution in [3.63, 3.8) is 0 Å². The third kappa shape index (κ3) is 6.03. The lowest BCUT2D eigenvalue weighted by molar-refractivity contribution is -0.150. The van der Waals surface area contributed by atoms with Crippen molar-refractivity contribution in [3.05, 3.63) is 46.4 Å². The molecule has 2 aromatic rings. The number of carbonyl (C=O) groups is 2. The van der Waals surface area contributed by atoms with Crippen LogP contribution in [-0.4, -0.2) is 28.7 Å². The Balaban J connectivity index is 1.85. The Morgan fingerprint density at radius 3 is 2.73 bits per heavy atom. The van der Waals surface area contributed by atoms with Crippen LogP contribution >= 0.6 is 23.1 Å². The first-order chi connectivity index (χ1) is 12.3. The zero-order valence-electron chi connectivity index (χ0n) is 13.6. The molecule has 0 saturated heterocycles. The van der Waals surface area contributed by atoms with Crippen LogP contribution in [0.4, 0.5) is 18.9 Å². The molecule has 0 aliphatic rings. The van der Waals surface area contributed by atoms with Crippen LogP contribution in [0.5, 0.6) is 0 Å². The summed E-state index contributed by atoms with van der Waals surface area (Å²) in [6.45, 7) is 1.30. The van der Waals surface area contributed by atoms with Crippen molar-refractivity contribution in [2.45, 2.75) is 25.0 Å². The Morgan fingerprint density at radius 2 is 2.08 bits per heavy atom. The first kappa shape index (κ1) is 20.2. The van der Waals surface area contributed by atoms with E-state index in [1.807, 2.05) is 5.38 Å². The highest BCUT2D eigenvalue weighted by molar-refractivity contribution is 7.99. The summed E-state index contributed by atoms with van der Waals surface area (Å²) in [6, 6.07) is 4.60. The molecule has 1 heterocycles. The minimum Gasteiger partial charge on any atom is -0.452 e. The van der Waals surface area contributed by atoms with Crippen molar-refractivity contribution in [1.82, 2.24) is 4.98 Å². The van der Waals surface area contributed by atoms with Gasteiger partial charge in [0.15, 0.2) is 6.10 Å². The van der Waals surface area contributed by atoms with E-state index >= 15 is 0 Å². The third-order valence-electron chi connectivity index (χ3n) is 3.12. The van der Waals surface area contributed by atoms with Gasteiger partial charge < -0.3 is 10.1 Å². The largest absolute Gasteiger partial charge is 0.452 e. The number of rotatable bonds is 7. The van der Waals surface area contributed by atoms with Gasteiger partial charge in [0.25, 0.3) is 5.91 Å². The smallest absolute Gasteiger partial charge is 0.418 e. The van der Waals surface area contributed by atoms with E-state index in [0.717, 1.165) is 17.8 Å². The van der Waals surface area contributed by atoms with Gasteiger partial charge in [-0.25, -0.2) is 4.98 Å². The molecule has 0 saturated carbocycles. The van der Waals surface area contributed by atoms with E-state index in [0.29, 0.717) is 5.75 Å². The second-order valence-electron chi connectivity index (χ2n) is 5.14. The van der Waals surface area contributed by atoms with Crippen LogP contribution in [0.3, 0.4) is 0 Å². The Kier molecular flexibility index (Phi) is 7.04. The molecule has 5 nitrogen and oxygen atoms in total. The van der Waals surface area contributed by atoms with E-state index in [9.17, 15) is 22.8 Å². The molecule has 26 heavy (non-hydrogen) atoms. The zero-order chi connectivity index (χ0) is 19.2. The maximum Gasteiger partial charge on any atom is 0.418 e. The number of halogens is 3. The molecule has 1 aromatic heterocycles. The SMILES string of the molecule is C[C@H](OC(=O)CSCc1cscn1)C(=O)Nc1ccccc1C(F)(F)F. The number of para-hydroxylation sites is 1. The first-order valence-electron chi connectivity index (χ1n) is 7.38. The average molecular weight is 404 g/mol. The molecule has 1 aromatic carbocycles. The van der Waals surface area contributed by atoms with Crippen LogP contribution in [0.25, 0.3) is 0 Å². The number of alkyl halides is 3. The lowest BCUT2D eigenvalue weighted by atomic mass is 10.1. The summed E-state index contributed by atoms with van der Waals surface area (Å²) in [5, 5.41) is 4.00. The summed E-state index contributed by atoms with van der Waals surface area (Å²) < 4.78 is 43.7. The van der Waals surface area contributed by atoms with Gasteiger partial charge in [-0.15, -0.1) is 23.1 Å². The topological polar surface area (TPSA) is 68.3 Å². The van der Waals surface area contributed by atoms with Crippen molar-refractivity contribution < 1.29 is 27.5 Å². The van der Waals surface area contributed by atoms with Crippen molar-refractivity contribution in [1.29, 1.82) is 0 Å². The van der Waals surface area contributed by atoms with Crippen LogP contribution in [-0.2, 0) is 26.3 Å². The molecule has 0 aliphatic carbocycles. The highest BCUT2D eigenvalue weighted by Gasteiger charge is 2.34. The monoisotopic (exact) mass is 404 g/mol. The predicted octanol–water partition coefficient (Wildman–Crippen LogP) is 3.97. The summed E-state index contributed by atoms with van der Waals surface area (Å²) in [5.74, 6) is -0.927. The van der Waals surface area contributed by atoms with Crippen molar-refractivity contribution >= 4 is 40.7 Å². The lowest BCUT2D eigenvalue weighted by Crippen LogP contribution is -2.31. The zero-order valence-corrected chi connectivity index (χ0v) is 15.2. The molecule has 1 N–H and O–H groups in total. The normalized spacial score (nSPS) is 12.5. The Labute approximate surface area is 156 Å². The maximum atomic E-state index is 12.9. The summed E-state index contributed by atoms with van der Waals surface area (Å²) >= 11 is 2.71. The third-order valence-corrected chi connectivity index (χ3v) is 4.70. The van der Waals surface area contributed by atoms with Gasteiger partial charge in [0, 0.05) is 11.1 Å². The van der Waals surface area contributed by atoms with Crippen LogP contribution in [0, 0.1) is 0 Å². The van der Waals surface area contributed by atoms with E-state index in [4.69, 9.17) is 4.74 Å². The number of carbonyl (C=O) groups excluding carboxylic acids is 2.